The van der Waals surface area contributed by atoms with Crippen LogP contribution < -0.4 is 0 Å². The topological polar surface area (TPSA) is 87.0 Å². The van der Waals surface area contributed by atoms with Crippen LogP contribution in [-0.2, 0) is 8.98 Å². The number of carbonyl (C=O) groups excluding carboxylic acids is 1. The summed E-state index contributed by atoms with van der Waals surface area (Å²) in [7, 11) is 0. The fourth-order valence-corrected chi connectivity index (χ4v) is 1.41. The van der Waals surface area contributed by atoms with Crippen molar-refractivity contribution in [1.29, 1.82) is 0 Å². The SMILES string of the molecule is CC(C)CSO[C@@H](C=O)[C@H](O)[C@H](O)CO. The summed E-state index contributed by atoms with van der Waals surface area (Å²) in [5.41, 5.74) is 0. The fraction of sp³-hybridized carbons (Fsp3) is 0.889. The van der Waals surface area contributed by atoms with Crippen molar-refractivity contribution in [3.8, 4) is 0 Å². The molecule has 0 aromatic heterocycles. The second-order valence-electron chi connectivity index (χ2n) is 3.62. The lowest BCUT2D eigenvalue weighted by Gasteiger charge is -2.21. The molecule has 0 saturated heterocycles. The molecule has 90 valence electrons. The van der Waals surface area contributed by atoms with E-state index in [1.807, 2.05) is 13.8 Å². The fourth-order valence-electron chi connectivity index (χ4n) is 0.741. The number of hydrogen-bond donors (Lipinski definition) is 3. The summed E-state index contributed by atoms with van der Waals surface area (Å²) in [5.74, 6) is 1.09. The third-order valence-electron chi connectivity index (χ3n) is 1.63. The zero-order valence-electron chi connectivity index (χ0n) is 8.87. The van der Waals surface area contributed by atoms with Gasteiger partial charge >= 0.3 is 0 Å². The molecule has 0 aliphatic heterocycles. The van der Waals surface area contributed by atoms with E-state index in [4.69, 9.17) is 14.4 Å². The predicted molar refractivity (Wildman–Crippen MR) is 57.3 cm³/mol. The summed E-state index contributed by atoms with van der Waals surface area (Å²) in [5, 5.41) is 27.0. The van der Waals surface area contributed by atoms with Crippen LogP contribution in [-0.4, -0.2) is 52.3 Å². The van der Waals surface area contributed by atoms with Gasteiger partial charge in [-0.25, -0.2) is 0 Å². The zero-order valence-corrected chi connectivity index (χ0v) is 9.68. The molecule has 3 N–H and O–H groups in total. The van der Waals surface area contributed by atoms with Gasteiger partial charge in [0.2, 0.25) is 0 Å². The molecule has 3 atom stereocenters. The van der Waals surface area contributed by atoms with Crippen LogP contribution in [0.2, 0.25) is 0 Å². The summed E-state index contributed by atoms with van der Waals surface area (Å²) in [6, 6.07) is 0. The van der Waals surface area contributed by atoms with Gasteiger partial charge in [0, 0.05) is 5.75 Å². The Morgan fingerprint density at radius 3 is 2.40 bits per heavy atom. The number of aliphatic hydroxyl groups excluding tert-OH is 3. The van der Waals surface area contributed by atoms with Crippen molar-refractivity contribution in [1.82, 2.24) is 0 Å². The van der Waals surface area contributed by atoms with Gasteiger partial charge in [0.15, 0.2) is 12.4 Å². The van der Waals surface area contributed by atoms with E-state index < -0.39 is 24.9 Å². The van der Waals surface area contributed by atoms with Crippen LogP contribution in [0.3, 0.4) is 0 Å². The zero-order chi connectivity index (χ0) is 11.8. The quantitative estimate of drug-likeness (QED) is 0.393. The first-order chi connectivity index (χ1) is 7.02. The third-order valence-corrected chi connectivity index (χ3v) is 2.79. The van der Waals surface area contributed by atoms with Gasteiger partial charge in [0.05, 0.1) is 6.61 Å². The summed E-state index contributed by atoms with van der Waals surface area (Å²) in [6.07, 6.45) is -3.46. The van der Waals surface area contributed by atoms with Gasteiger partial charge in [0.25, 0.3) is 0 Å². The first kappa shape index (κ1) is 14.9. The highest BCUT2D eigenvalue weighted by molar-refractivity contribution is 7.94. The molecule has 0 aliphatic rings. The van der Waals surface area contributed by atoms with Crippen LogP contribution in [0.5, 0.6) is 0 Å². The number of hydrogen-bond acceptors (Lipinski definition) is 6. The smallest absolute Gasteiger partial charge is 0.156 e. The highest BCUT2D eigenvalue weighted by atomic mass is 32.2. The van der Waals surface area contributed by atoms with Gasteiger partial charge in [-0.05, 0) is 18.0 Å². The number of rotatable bonds is 8. The van der Waals surface area contributed by atoms with Crippen molar-refractivity contribution < 1.29 is 24.3 Å². The van der Waals surface area contributed by atoms with Gasteiger partial charge < -0.3 is 24.3 Å². The molecule has 0 heterocycles. The second kappa shape index (κ2) is 8.06. The van der Waals surface area contributed by atoms with Crippen LogP contribution >= 0.6 is 12.0 Å². The van der Waals surface area contributed by atoms with E-state index in [0.29, 0.717) is 18.0 Å². The lowest BCUT2D eigenvalue weighted by Crippen LogP contribution is -2.41. The number of aliphatic hydroxyl groups is 3. The lowest BCUT2D eigenvalue weighted by molar-refractivity contribution is -0.123. The highest BCUT2D eigenvalue weighted by Gasteiger charge is 2.26. The van der Waals surface area contributed by atoms with E-state index >= 15 is 0 Å². The molecule has 5 nitrogen and oxygen atoms in total. The normalized spacial score (nSPS) is 17.5. The van der Waals surface area contributed by atoms with Crippen molar-refractivity contribution >= 4 is 18.3 Å². The first-order valence-corrected chi connectivity index (χ1v) is 5.64. The van der Waals surface area contributed by atoms with Crippen LogP contribution in [0.25, 0.3) is 0 Å². The molecule has 6 heteroatoms. The largest absolute Gasteiger partial charge is 0.394 e. The van der Waals surface area contributed by atoms with E-state index in [2.05, 4.69) is 0 Å². The third kappa shape index (κ3) is 6.11. The molecule has 0 amide bonds. The van der Waals surface area contributed by atoms with Gasteiger partial charge in [-0.1, -0.05) is 13.8 Å². The van der Waals surface area contributed by atoms with Crippen molar-refractivity contribution in [2.75, 3.05) is 12.4 Å². The molecular formula is C9H18O5S. The maximum atomic E-state index is 10.6. The second-order valence-corrected chi connectivity index (χ2v) is 4.38. The average molecular weight is 238 g/mol. The summed E-state index contributed by atoms with van der Waals surface area (Å²) in [6.45, 7) is 3.38. The Morgan fingerprint density at radius 2 is 2.00 bits per heavy atom. The Balaban J connectivity index is 3.95. The lowest BCUT2D eigenvalue weighted by atomic mass is 10.1. The molecule has 15 heavy (non-hydrogen) atoms. The summed E-state index contributed by atoms with van der Waals surface area (Å²) >= 11 is 1.07. The van der Waals surface area contributed by atoms with Gasteiger partial charge in [-0.2, -0.15) is 0 Å². The van der Waals surface area contributed by atoms with Gasteiger partial charge in [0.1, 0.15) is 12.2 Å². The van der Waals surface area contributed by atoms with E-state index in [-0.39, 0.29) is 0 Å². The van der Waals surface area contributed by atoms with Crippen molar-refractivity contribution in [3.05, 3.63) is 0 Å². The molecule has 0 spiro atoms. The number of aldehydes is 1. The maximum absolute atomic E-state index is 10.6. The van der Waals surface area contributed by atoms with Gasteiger partial charge in [-0.3, -0.25) is 0 Å². The Hall–Kier alpha value is -0.140. The van der Waals surface area contributed by atoms with E-state index in [9.17, 15) is 9.90 Å². The molecule has 0 fully saturated rings. The minimum atomic E-state index is -1.40. The van der Waals surface area contributed by atoms with Crippen LogP contribution in [0, 0.1) is 5.92 Å². The van der Waals surface area contributed by atoms with Crippen LogP contribution in [0.4, 0.5) is 0 Å². The van der Waals surface area contributed by atoms with Gasteiger partial charge in [-0.15, -0.1) is 0 Å². The summed E-state index contributed by atoms with van der Waals surface area (Å²) in [4.78, 5) is 10.6. The van der Waals surface area contributed by atoms with Crippen molar-refractivity contribution in [2.24, 2.45) is 5.92 Å². The van der Waals surface area contributed by atoms with E-state index in [1.165, 1.54) is 0 Å². The van der Waals surface area contributed by atoms with Crippen LogP contribution in [0.1, 0.15) is 13.8 Å². The Labute approximate surface area is 93.6 Å². The molecule has 0 aliphatic carbocycles. The molecule has 0 aromatic carbocycles. The molecule has 0 radical (unpaired) electrons. The molecule has 0 saturated carbocycles. The monoisotopic (exact) mass is 238 g/mol. The maximum Gasteiger partial charge on any atom is 0.156 e. The Bertz CT molecular complexity index is 176. The molecule has 0 unspecified atom stereocenters. The molecule has 0 bridgehead atoms. The molecule has 0 aromatic rings. The average Bonchev–Trinajstić information content (AvgIpc) is 2.22. The van der Waals surface area contributed by atoms with Crippen LogP contribution in [0.15, 0.2) is 0 Å². The first-order valence-electron chi connectivity index (χ1n) is 4.73. The standard InChI is InChI=1S/C9H18O5S/c1-6(2)5-15-14-8(4-11)9(13)7(12)3-10/h4,6-10,12-13H,3,5H2,1-2H3/t7-,8+,9-/m1/s1. The Morgan fingerprint density at radius 1 is 1.40 bits per heavy atom. The molecular weight excluding hydrogens is 220 g/mol. The van der Waals surface area contributed by atoms with Crippen molar-refractivity contribution in [2.45, 2.75) is 32.2 Å². The highest BCUT2D eigenvalue weighted by Crippen LogP contribution is 2.14. The van der Waals surface area contributed by atoms with E-state index in [1.54, 1.807) is 0 Å². The predicted octanol–water partition coefficient (Wildman–Crippen LogP) is -0.411. The van der Waals surface area contributed by atoms with E-state index in [0.717, 1.165) is 12.0 Å². The van der Waals surface area contributed by atoms with Crippen molar-refractivity contribution in [3.63, 3.8) is 0 Å². The summed E-state index contributed by atoms with van der Waals surface area (Å²) < 4.78 is 5.01. The molecule has 0 rings (SSSR count). The Kier molecular flexibility index (Phi) is 7.99. The minimum absolute atomic E-state index is 0.405. The minimum Gasteiger partial charge on any atom is -0.394 e. The number of carbonyl (C=O) groups is 1.